The lowest BCUT2D eigenvalue weighted by Crippen LogP contribution is -3.00. The van der Waals surface area contributed by atoms with Gasteiger partial charge in [-0.15, -0.1) is 0 Å². The van der Waals surface area contributed by atoms with Crippen LogP contribution in [0.15, 0.2) is 18.2 Å². The number of likely N-dealkylation sites (N-methyl/N-ethyl adjacent to an activating group) is 1. The van der Waals surface area contributed by atoms with E-state index in [0.29, 0.717) is 24.5 Å². The maximum atomic E-state index is 12.4. The van der Waals surface area contributed by atoms with Crippen molar-refractivity contribution in [1.29, 1.82) is 0 Å². The molecule has 1 aromatic rings. The molecule has 3 rings (SSSR count). The smallest absolute Gasteiger partial charge is 0.254 e. The van der Waals surface area contributed by atoms with Gasteiger partial charge in [0.05, 0.1) is 0 Å². The maximum absolute atomic E-state index is 12.4. The van der Waals surface area contributed by atoms with Crippen molar-refractivity contribution in [2.45, 2.75) is 0 Å². The minimum Gasteiger partial charge on any atom is -1.00 e. The molecule has 2 heterocycles. The first-order valence-corrected chi connectivity index (χ1v) is 6.61. The summed E-state index contributed by atoms with van der Waals surface area (Å²) in [4.78, 5) is 16.5. The number of piperazine rings is 1. The minimum absolute atomic E-state index is 0. The summed E-state index contributed by atoms with van der Waals surface area (Å²) in [6.45, 7) is 4.53. The minimum atomic E-state index is 0. The van der Waals surface area contributed by atoms with E-state index >= 15 is 0 Å². The van der Waals surface area contributed by atoms with Crippen LogP contribution in [0.4, 0.5) is 0 Å². The number of hydrogen-bond acceptors (Lipinski definition) is 4. The van der Waals surface area contributed by atoms with E-state index in [2.05, 4.69) is 11.9 Å². The number of fused-ring (bicyclic) bond motifs is 1. The quantitative estimate of drug-likeness (QED) is 0.593. The third-order valence-corrected chi connectivity index (χ3v) is 3.58. The predicted molar refractivity (Wildman–Crippen MR) is 70.8 cm³/mol. The Morgan fingerprint density at radius 2 is 1.70 bits per heavy atom. The fourth-order valence-corrected chi connectivity index (χ4v) is 2.37. The first-order chi connectivity index (χ1) is 9.24. The number of benzene rings is 1. The highest BCUT2D eigenvalue weighted by atomic mass is 35.5. The summed E-state index contributed by atoms with van der Waals surface area (Å²) in [5.41, 5.74) is 0.675. The fraction of sp³-hybridized carbons (Fsp3) is 0.500. The maximum Gasteiger partial charge on any atom is 0.254 e. The molecule has 0 aliphatic carbocycles. The van der Waals surface area contributed by atoms with Crippen LogP contribution in [0.5, 0.6) is 11.5 Å². The highest BCUT2D eigenvalue weighted by Crippen LogP contribution is 2.31. The molecule has 0 N–H and O–H groups in total. The lowest BCUT2D eigenvalue weighted by molar-refractivity contribution is -0.0000151. The molecule has 0 spiro atoms. The van der Waals surface area contributed by atoms with Gasteiger partial charge in [0, 0.05) is 31.7 Å². The first kappa shape index (κ1) is 14.9. The molecule has 0 atom stereocenters. The SMILES string of the molecule is CN1CCN(C(=O)c2ccc3c(c2)OCCO3)CC1.[Cl-]. The van der Waals surface area contributed by atoms with Crippen LogP contribution in [-0.2, 0) is 0 Å². The van der Waals surface area contributed by atoms with Crippen LogP contribution in [-0.4, -0.2) is 62.1 Å². The van der Waals surface area contributed by atoms with Gasteiger partial charge in [-0.05, 0) is 25.2 Å². The number of nitrogens with zero attached hydrogens (tertiary/aromatic N) is 2. The van der Waals surface area contributed by atoms with Crippen LogP contribution >= 0.6 is 0 Å². The standard InChI is InChI=1S/C14H18N2O3.ClH/c1-15-4-6-16(7-5-15)14(17)11-2-3-12-13(10-11)19-9-8-18-12;/h2-3,10H,4-9H2,1H3;1H/p-1. The molecule has 0 bridgehead atoms. The second kappa shape index (κ2) is 6.33. The third-order valence-electron chi connectivity index (χ3n) is 3.58. The molecule has 5 nitrogen and oxygen atoms in total. The molecule has 6 heteroatoms. The molecule has 1 amide bonds. The highest BCUT2D eigenvalue weighted by Gasteiger charge is 2.22. The monoisotopic (exact) mass is 297 g/mol. The Hall–Kier alpha value is -1.46. The van der Waals surface area contributed by atoms with Gasteiger partial charge >= 0.3 is 0 Å². The van der Waals surface area contributed by atoms with Crippen molar-refractivity contribution in [2.24, 2.45) is 0 Å². The summed E-state index contributed by atoms with van der Waals surface area (Å²) in [7, 11) is 2.08. The number of halogens is 1. The Morgan fingerprint density at radius 1 is 1.05 bits per heavy atom. The Labute approximate surface area is 124 Å². The van der Waals surface area contributed by atoms with Gasteiger partial charge in [-0.1, -0.05) is 0 Å². The van der Waals surface area contributed by atoms with Gasteiger partial charge in [0.25, 0.3) is 5.91 Å². The van der Waals surface area contributed by atoms with E-state index in [1.165, 1.54) is 0 Å². The van der Waals surface area contributed by atoms with Gasteiger partial charge in [-0.2, -0.15) is 0 Å². The Bertz CT molecular complexity index is 487. The lowest BCUT2D eigenvalue weighted by atomic mass is 10.1. The zero-order valence-corrected chi connectivity index (χ0v) is 12.2. The summed E-state index contributed by atoms with van der Waals surface area (Å²) in [5.74, 6) is 1.47. The molecule has 2 aliphatic rings. The van der Waals surface area contributed by atoms with E-state index in [1.54, 1.807) is 6.07 Å². The Balaban J connectivity index is 0.00000147. The zero-order valence-electron chi connectivity index (χ0n) is 11.5. The molecular weight excluding hydrogens is 280 g/mol. The molecule has 0 aromatic heterocycles. The molecule has 2 aliphatic heterocycles. The van der Waals surface area contributed by atoms with Gasteiger partial charge in [0.15, 0.2) is 11.5 Å². The van der Waals surface area contributed by atoms with Crippen molar-refractivity contribution < 1.29 is 26.7 Å². The van der Waals surface area contributed by atoms with Gasteiger partial charge in [-0.3, -0.25) is 4.79 Å². The van der Waals surface area contributed by atoms with Crippen LogP contribution in [0.1, 0.15) is 10.4 Å². The number of rotatable bonds is 1. The summed E-state index contributed by atoms with van der Waals surface area (Å²) >= 11 is 0. The largest absolute Gasteiger partial charge is 1.00 e. The van der Waals surface area contributed by atoms with E-state index in [4.69, 9.17) is 9.47 Å². The molecule has 1 saturated heterocycles. The molecule has 0 saturated carbocycles. The van der Waals surface area contributed by atoms with E-state index in [0.717, 1.165) is 31.9 Å². The molecular formula is C14H18ClN2O3-. The van der Waals surface area contributed by atoms with Crippen molar-refractivity contribution in [1.82, 2.24) is 9.80 Å². The topological polar surface area (TPSA) is 42.0 Å². The van der Waals surface area contributed by atoms with Gasteiger partial charge in [0.1, 0.15) is 13.2 Å². The number of ether oxygens (including phenoxy) is 2. The summed E-state index contributed by atoms with van der Waals surface area (Å²) < 4.78 is 11.0. The van der Waals surface area contributed by atoms with Gasteiger partial charge in [-0.25, -0.2) is 0 Å². The highest BCUT2D eigenvalue weighted by molar-refractivity contribution is 5.95. The van der Waals surface area contributed by atoms with Crippen LogP contribution in [0.2, 0.25) is 0 Å². The summed E-state index contributed by atoms with van der Waals surface area (Å²) in [6, 6.07) is 5.42. The summed E-state index contributed by atoms with van der Waals surface area (Å²) in [5, 5.41) is 0. The summed E-state index contributed by atoms with van der Waals surface area (Å²) in [6.07, 6.45) is 0. The van der Waals surface area contributed by atoms with Crippen molar-refractivity contribution in [2.75, 3.05) is 46.4 Å². The van der Waals surface area contributed by atoms with E-state index in [9.17, 15) is 4.79 Å². The third kappa shape index (κ3) is 2.99. The molecule has 1 aromatic carbocycles. The van der Waals surface area contributed by atoms with Crippen molar-refractivity contribution in [3.05, 3.63) is 23.8 Å². The number of carbonyl (C=O) groups excluding carboxylic acids is 1. The molecule has 0 unspecified atom stereocenters. The second-order valence-electron chi connectivity index (χ2n) is 4.95. The first-order valence-electron chi connectivity index (χ1n) is 6.61. The fourth-order valence-electron chi connectivity index (χ4n) is 2.37. The number of hydrogen-bond donors (Lipinski definition) is 0. The van der Waals surface area contributed by atoms with Crippen LogP contribution in [0.25, 0.3) is 0 Å². The molecule has 0 radical (unpaired) electrons. The molecule has 20 heavy (non-hydrogen) atoms. The lowest BCUT2D eigenvalue weighted by Gasteiger charge is -2.32. The Morgan fingerprint density at radius 3 is 2.40 bits per heavy atom. The van der Waals surface area contributed by atoms with Gasteiger partial charge < -0.3 is 31.7 Å². The number of amides is 1. The average molecular weight is 298 g/mol. The van der Waals surface area contributed by atoms with E-state index in [1.807, 2.05) is 17.0 Å². The van der Waals surface area contributed by atoms with Gasteiger partial charge in [0.2, 0.25) is 0 Å². The van der Waals surface area contributed by atoms with E-state index < -0.39 is 0 Å². The van der Waals surface area contributed by atoms with Crippen molar-refractivity contribution in [3.8, 4) is 11.5 Å². The van der Waals surface area contributed by atoms with Crippen molar-refractivity contribution >= 4 is 5.91 Å². The average Bonchev–Trinajstić information content (AvgIpc) is 2.47. The van der Waals surface area contributed by atoms with Crippen LogP contribution in [0.3, 0.4) is 0 Å². The molecule has 110 valence electrons. The predicted octanol–water partition coefficient (Wildman–Crippen LogP) is -2.15. The second-order valence-corrected chi connectivity index (χ2v) is 4.95. The van der Waals surface area contributed by atoms with Crippen LogP contribution < -0.4 is 21.9 Å². The molecule has 1 fully saturated rings. The van der Waals surface area contributed by atoms with Crippen LogP contribution in [0, 0.1) is 0 Å². The zero-order chi connectivity index (χ0) is 13.2. The van der Waals surface area contributed by atoms with Crippen molar-refractivity contribution in [3.63, 3.8) is 0 Å². The van der Waals surface area contributed by atoms with E-state index in [-0.39, 0.29) is 18.3 Å². The normalized spacial score (nSPS) is 18.4. The number of carbonyl (C=O) groups is 1. The Kier molecular flexibility index (Phi) is 4.73.